The molecule has 0 saturated carbocycles. The van der Waals surface area contributed by atoms with Gasteiger partial charge in [-0.05, 0) is 18.4 Å². The van der Waals surface area contributed by atoms with Gasteiger partial charge >= 0.3 is 5.97 Å². The lowest BCUT2D eigenvalue weighted by Crippen LogP contribution is -2.24. The third-order valence-electron chi connectivity index (χ3n) is 4.14. The van der Waals surface area contributed by atoms with Crippen LogP contribution < -0.4 is 0 Å². The zero-order valence-electron chi connectivity index (χ0n) is 12.9. The summed E-state index contributed by atoms with van der Waals surface area (Å²) in [7, 11) is 0. The average molecular weight is 303 g/mol. The van der Waals surface area contributed by atoms with Crippen LogP contribution >= 0.6 is 11.3 Å². The van der Waals surface area contributed by atoms with E-state index in [1.807, 2.05) is 25.1 Å². The monoisotopic (exact) mass is 303 g/mol. The van der Waals surface area contributed by atoms with Gasteiger partial charge in [-0.1, -0.05) is 51.1 Å². The predicted molar refractivity (Wildman–Crippen MR) is 86.1 cm³/mol. The predicted octanol–water partition coefficient (Wildman–Crippen LogP) is 4.16. The molecular formula is C17H21NO2S. The Hall–Kier alpha value is -1.68. The molecule has 0 aliphatic carbocycles. The summed E-state index contributed by atoms with van der Waals surface area (Å²) in [5, 5.41) is 9.98. The SMILES string of the molecule is Cc1nc(C(C)(C)C(C)c2ccccc2)sc1CC(=O)O. The molecule has 1 atom stereocenters. The van der Waals surface area contributed by atoms with Crippen molar-refractivity contribution in [1.29, 1.82) is 0 Å². The van der Waals surface area contributed by atoms with Gasteiger partial charge in [-0.2, -0.15) is 0 Å². The van der Waals surface area contributed by atoms with E-state index >= 15 is 0 Å². The van der Waals surface area contributed by atoms with Crippen molar-refractivity contribution in [3.8, 4) is 0 Å². The topological polar surface area (TPSA) is 50.2 Å². The fourth-order valence-electron chi connectivity index (χ4n) is 2.35. The molecular weight excluding hydrogens is 282 g/mol. The van der Waals surface area contributed by atoms with E-state index in [0.717, 1.165) is 15.6 Å². The molecule has 3 nitrogen and oxygen atoms in total. The number of carboxylic acids is 1. The summed E-state index contributed by atoms with van der Waals surface area (Å²) in [5.41, 5.74) is 1.98. The quantitative estimate of drug-likeness (QED) is 0.902. The summed E-state index contributed by atoms with van der Waals surface area (Å²) in [6.45, 7) is 8.44. The number of rotatable bonds is 5. The normalized spacial score (nSPS) is 13.1. The van der Waals surface area contributed by atoms with Gasteiger partial charge in [0.15, 0.2) is 0 Å². The minimum atomic E-state index is -0.804. The smallest absolute Gasteiger partial charge is 0.308 e. The van der Waals surface area contributed by atoms with Crippen molar-refractivity contribution in [3.05, 3.63) is 51.5 Å². The van der Waals surface area contributed by atoms with Crippen molar-refractivity contribution in [2.75, 3.05) is 0 Å². The van der Waals surface area contributed by atoms with Crippen LogP contribution in [0, 0.1) is 6.92 Å². The average Bonchev–Trinajstić information content (AvgIpc) is 2.80. The van der Waals surface area contributed by atoms with Crippen LogP contribution in [0.5, 0.6) is 0 Å². The van der Waals surface area contributed by atoms with E-state index in [2.05, 4.69) is 37.9 Å². The maximum absolute atomic E-state index is 10.9. The molecule has 1 heterocycles. The minimum Gasteiger partial charge on any atom is -0.481 e. The molecule has 0 aliphatic rings. The number of nitrogens with zero attached hydrogens (tertiary/aromatic N) is 1. The second kappa shape index (κ2) is 5.98. The molecule has 0 fully saturated rings. The fourth-order valence-corrected chi connectivity index (χ4v) is 3.59. The third kappa shape index (κ3) is 3.32. The second-order valence-corrected chi connectivity index (χ2v) is 7.04. The highest BCUT2D eigenvalue weighted by Gasteiger charge is 2.32. The zero-order chi connectivity index (χ0) is 15.6. The summed E-state index contributed by atoms with van der Waals surface area (Å²) in [6, 6.07) is 10.4. The Morgan fingerprint density at radius 2 is 1.95 bits per heavy atom. The number of aryl methyl sites for hydroxylation is 1. The number of thiazole rings is 1. The van der Waals surface area contributed by atoms with E-state index in [1.165, 1.54) is 16.9 Å². The second-order valence-electron chi connectivity index (χ2n) is 5.95. The number of hydrogen-bond donors (Lipinski definition) is 1. The Labute approximate surface area is 129 Å². The van der Waals surface area contributed by atoms with Gasteiger partial charge in [0.05, 0.1) is 17.1 Å². The Morgan fingerprint density at radius 3 is 2.52 bits per heavy atom. The van der Waals surface area contributed by atoms with Crippen LogP contribution in [0.2, 0.25) is 0 Å². The van der Waals surface area contributed by atoms with E-state index in [4.69, 9.17) is 5.11 Å². The first-order chi connectivity index (χ1) is 9.82. The van der Waals surface area contributed by atoms with E-state index in [1.54, 1.807) is 0 Å². The van der Waals surface area contributed by atoms with E-state index in [9.17, 15) is 4.79 Å². The first kappa shape index (κ1) is 15.7. The minimum absolute atomic E-state index is 0.0549. The molecule has 0 spiro atoms. The summed E-state index contributed by atoms with van der Waals surface area (Å²) >= 11 is 1.53. The van der Waals surface area contributed by atoms with Crippen LogP contribution in [-0.2, 0) is 16.6 Å². The van der Waals surface area contributed by atoms with Gasteiger partial charge in [-0.15, -0.1) is 11.3 Å². The zero-order valence-corrected chi connectivity index (χ0v) is 13.7. The van der Waals surface area contributed by atoms with Gasteiger partial charge in [-0.25, -0.2) is 4.98 Å². The summed E-state index contributed by atoms with van der Waals surface area (Å²) in [6.07, 6.45) is 0.0549. The van der Waals surface area contributed by atoms with Gasteiger partial charge < -0.3 is 5.11 Å². The van der Waals surface area contributed by atoms with Gasteiger partial charge in [0, 0.05) is 10.3 Å². The van der Waals surface area contributed by atoms with Gasteiger partial charge in [0.2, 0.25) is 0 Å². The number of aromatic nitrogens is 1. The molecule has 1 aromatic carbocycles. The molecule has 1 N–H and O–H groups in total. The largest absolute Gasteiger partial charge is 0.481 e. The molecule has 0 amide bonds. The van der Waals surface area contributed by atoms with Crippen molar-refractivity contribution in [1.82, 2.24) is 4.98 Å². The highest BCUT2D eigenvalue weighted by Crippen LogP contribution is 2.40. The van der Waals surface area contributed by atoms with Gasteiger partial charge in [0.25, 0.3) is 0 Å². The van der Waals surface area contributed by atoms with Crippen molar-refractivity contribution in [3.63, 3.8) is 0 Å². The number of carbonyl (C=O) groups is 1. The lowest BCUT2D eigenvalue weighted by Gasteiger charge is -2.30. The molecule has 4 heteroatoms. The lowest BCUT2D eigenvalue weighted by atomic mass is 9.76. The highest BCUT2D eigenvalue weighted by atomic mass is 32.1. The standard InChI is InChI=1S/C17H21NO2S/c1-11(13-8-6-5-7-9-13)17(3,4)16-18-12(2)14(21-16)10-15(19)20/h5-9,11H,10H2,1-4H3,(H,19,20). The van der Waals surface area contributed by atoms with Crippen molar-refractivity contribution in [2.24, 2.45) is 0 Å². The van der Waals surface area contributed by atoms with Crippen molar-refractivity contribution in [2.45, 2.75) is 45.4 Å². The van der Waals surface area contributed by atoms with Gasteiger partial charge in [0.1, 0.15) is 0 Å². The number of benzene rings is 1. The van der Waals surface area contributed by atoms with E-state index in [-0.39, 0.29) is 11.8 Å². The first-order valence-electron chi connectivity index (χ1n) is 7.06. The Morgan fingerprint density at radius 1 is 1.33 bits per heavy atom. The van der Waals surface area contributed by atoms with Crippen LogP contribution in [0.25, 0.3) is 0 Å². The van der Waals surface area contributed by atoms with Crippen LogP contribution in [-0.4, -0.2) is 16.1 Å². The molecule has 21 heavy (non-hydrogen) atoms. The number of carboxylic acid groups (broad SMARTS) is 1. The summed E-state index contributed by atoms with van der Waals surface area (Å²) in [4.78, 5) is 16.4. The first-order valence-corrected chi connectivity index (χ1v) is 7.87. The summed E-state index contributed by atoms with van der Waals surface area (Å²) < 4.78 is 0. The van der Waals surface area contributed by atoms with Crippen LogP contribution in [0.15, 0.2) is 30.3 Å². The lowest BCUT2D eigenvalue weighted by molar-refractivity contribution is -0.136. The summed E-state index contributed by atoms with van der Waals surface area (Å²) in [5.74, 6) is -0.496. The Bertz CT molecular complexity index is 631. The van der Waals surface area contributed by atoms with Crippen molar-refractivity contribution < 1.29 is 9.90 Å². The van der Waals surface area contributed by atoms with Gasteiger partial charge in [-0.3, -0.25) is 4.79 Å². The molecule has 1 aromatic heterocycles. The molecule has 112 valence electrons. The molecule has 0 aliphatic heterocycles. The molecule has 0 saturated heterocycles. The van der Waals surface area contributed by atoms with E-state index < -0.39 is 5.97 Å². The maximum Gasteiger partial charge on any atom is 0.308 e. The Balaban J connectivity index is 2.33. The molecule has 1 unspecified atom stereocenters. The number of hydrogen-bond acceptors (Lipinski definition) is 3. The number of aliphatic carboxylic acids is 1. The molecule has 0 bridgehead atoms. The molecule has 2 rings (SSSR count). The molecule has 2 aromatic rings. The fraction of sp³-hybridized carbons (Fsp3) is 0.412. The highest BCUT2D eigenvalue weighted by molar-refractivity contribution is 7.12. The maximum atomic E-state index is 10.9. The third-order valence-corrected chi connectivity index (χ3v) is 5.63. The van der Waals surface area contributed by atoms with Crippen LogP contribution in [0.3, 0.4) is 0 Å². The molecule has 0 radical (unpaired) electrons. The van der Waals surface area contributed by atoms with E-state index in [0.29, 0.717) is 5.92 Å². The Kier molecular flexibility index (Phi) is 4.47. The van der Waals surface area contributed by atoms with Crippen LogP contribution in [0.1, 0.15) is 47.8 Å². The van der Waals surface area contributed by atoms with Crippen molar-refractivity contribution >= 4 is 17.3 Å². The van der Waals surface area contributed by atoms with Crippen LogP contribution in [0.4, 0.5) is 0 Å².